The standard InChI is InChI=1S/C15H25ClN2O2/c1-5-20-12-8-9(2)14(16)10(3)13(12)15(19)11(18-4)6-7-17/h8,11,15,18-19H,5-7,17H2,1-4H3. The number of aryl methyl sites for hydroxylation is 1. The zero-order chi connectivity index (χ0) is 15.3. The quantitative estimate of drug-likeness (QED) is 0.723. The first kappa shape index (κ1) is 17.2. The van der Waals surface area contributed by atoms with Crippen molar-refractivity contribution in [2.24, 2.45) is 5.73 Å². The van der Waals surface area contributed by atoms with Crippen LogP contribution in [-0.2, 0) is 0 Å². The largest absolute Gasteiger partial charge is 0.493 e. The molecule has 4 nitrogen and oxygen atoms in total. The molecule has 0 amide bonds. The maximum absolute atomic E-state index is 10.7. The van der Waals surface area contributed by atoms with Crippen LogP contribution in [-0.4, -0.2) is 31.3 Å². The fourth-order valence-corrected chi connectivity index (χ4v) is 2.58. The summed E-state index contributed by atoms with van der Waals surface area (Å²) in [5, 5.41) is 14.4. The van der Waals surface area contributed by atoms with Crippen LogP contribution in [0.4, 0.5) is 0 Å². The van der Waals surface area contributed by atoms with E-state index in [-0.39, 0.29) is 6.04 Å². The van der Waals surface area contributed by atoms with Crippen molar-refractivity contribution in [1.82, 2.24) is 5.32 Å². The zero-order valence-corrected chi connectivity index (χ0v) is 13.4. The number of likely N-dealkylation sites (N-methyl/N-ethyl adjacent to an activating group) is 1. The SMILES string of the molecule is CCOc1cc(C)c(Cl)c(C)c1C(O)C(CCN)NC. The second-order valence-electron chi connectivity index (χ2n) is 4.89. The second-order valence-corrected chi connectivity index (χ2v) is 5.27. The van der Waals surface area contributed by atoms with Crippen molar-refractivity contribution in [2.45, 2.75) is 39.3 Å². The highest BCUT2D eigenvalue weighted by atomic mass is 35.5. The molecule has 2 atom stereocenters. The van der Waals surface area contributed by atoms with Crippen LogP contribution in [0.15, 0.2) is 6.07 Å². The molecule has 0 aliphatic heterocycles. The molecule has 1 aromatic rings. The van der Waals surface area contributed by atoms with Gasteiger partial charge in [-0.2, -0.15) is 0 Å². The van der Waals surface area contributed by atoms with E-state index in [1.165, 1.54) is 0 Å². The average molecular weight is 301 g/mol. The Morgan fingerprint density at radius 2 is 2.10 bits per heavy atom. The van der Waals surface area contributed by atoms with Crippen LogP contribution >= 0.6 is 11.6 Å². The van der Waals surface area contributed by atoms with Gasteiger partial charge in [-0.3, -0.25) is 0 Å². The summed E-state index contributed by atoms with van der Waals surface area (Å²) in [6.45, 7) is 6.81. The van der Waals surface area contributed by atoms with Crippen molar-refractivity contribution < 1.29 is 9.84 Å². The molecule has 0 heterocycles. The molecular weight excluding hydrogens is 276 g/mol. The van der Waals surface area contributed by atoms with Crippen molar-refractivity contribution in [3.8, 4) is 5.75 Å². The topological polar surface area (TPSA) is 67.5 Å². The van der Waals surface area contributed by atoms with Crippen molar-refractivity contribution in [1.29, 1.82) is 0 Å². The molecular formula is C15H25ClN2O2. The number of hydrogen-bond donors (Lipinski definition) is 3. The normalized spacial score (nSPS) is 14.2. The number of nitrogens with one attached hydrogen (secondary N) is 1. The molecule has 0 saturated carbocycles. The molecule has 0 fully saturated rings. The van der Waals surface area contributed by atoms with Crippen LogP contribution < -0.4 is 15.8 Å². The number of hydrogen-bond acceptors (Lipinski definition) is 4. The van der Waals surface area contributed by atoms with Crippen LogP contribution in [0.25, 0.3) is 0 Å². The zero-order valence-electron chi connectivity index (χ0n) is 12.7. The lowest BCUT2D eigenvalue weighted by Crippen LogP contribution is -2.34. The monoisotopic (exact) mass is 300 g/mol. The Labute approximate surface area is 126 Å². The van der Waals surface area contributed by atoms with Gasteiger partial charge >= 0.3 is 0 Å². The predicted molar refractivity (Wildman–Crippen MR) is 83.6 cm³/mol. The molecule has 0 spiro atoms. The number of benzene rings is 1. The van der Waals surface area contributed by atoms with E-state index >= 15 is 0 Å². The summed E-state index contributed by atoms with van der Waals surface area (Å²) in [5.41, 5.74) is 8.16. The van der Waals surface area contributed by atoms with Crippen LogP contribution in [0, 0.1) is 13.8 Å². The summed E-state index contributed by atoms with van der Waals surface area (Å²) in [4.78, 5) is 0. The van der Waals surface area contributed by atoms with E-state index in [1.54, 1.807) is 0 Å². The summed E-state index contributed by atoms with van der Waals surface area (Å²) >= 11 is 6.31. The van der Waals surface area contributed by atoms with Gasteiger partial charge in [0, 0.05) is 16.6 Å². The molecule has 0 bridgehead atoms. The van der Waals surface area contributed by atoms with E-state index in [2.05, 4.69) is 5.32 Å². The third-order valence-corrected chi connectivity index (χ3v) is 4.10. The van der Waals surface area contributed by atoms with Crippen molar-refractivity contribution in [2.75, 3.05) is 20.2 Å². The molecule has 0 aromatic heterocycles. The Hall–Kier alpha value is -0.810. The number of nitrogens with two attached hydrogens (primary N) is 1. The average Bonchev–Trinajstić information content (AvgIpc) is 2.42. The van der Waals surface area contributed by atoms with Gasteiger partial charge in [-0.25, -0.2) is 0 Å². The molecule has 2 unspecified atom stereocenters. The van der Waals surface area contributed by atoms with Gasteiger partial charge in [0.15, 0.2) is 0 Å². The van der Waals surface area contributed by atoms with Gasteiger partial charge in [0.05, 0.1) is 12.7 Å². The lowest BCUT2D eigenvalue weighted by Gasteiger charge is -2.26. The number of ether oxygens (including phenoxy) is 1. The first-order valence-electron chi connectivity index (χ1n) is 6.95. The van der Waals surface area contributed by atoms with Crippen LogP contribution in [0.1, 0.15) is 36.1 Å². The van der Waals surface area contributed by atoms with Gasteiger partial charge in [-0.1, -0.05) is 11.6 Å². The van der Waals surface area contributed by atoms with Crippen molar-refractivity contribution >= 4 is 11.6 Å². The Kier molecular flexibility index (Phi) is 6.76. The van der Waals surface area contributed by atoms with Crippen molar-refractivity contribution in [3.63, 3.8) is 0 Å². The van der Waals surface area contributed by atoms with Gasteiger partial charge in [0.2, 0.25) is 0 Å². The number of aliphatic hydroxyl groups excluding tert-OH is 1. The maximum Gasteiger partial charge on any atom is 0.125 e. The van der Waals surface area contributed by atoms with Crippen LogP contribution in [0.2, 0.25) is 5.02 Å². The van der Waals surface area contributed by atoms with Crippen LogP contribution in [0.3, 0.4) is 0 Å². The summed E-state index contributed by atoms with van der Waals surface area (Å²) in [6.07, 6.45) is -0.0306. The molecule has 20 heavy (non-hydrogen) atoms. The lowest BCUT2D eigenvalue weighted by molar-refractivity contribution is 0.124. The summed E-state index contributed by atoms with van der Waals surface area (Å²) in [5.74, 6) is 0.691. The van der Waals surface area contributed by atoms with E-state index in [0.717, 1.165) is 16.7 Å². The van der Waals surface area contributed by atoms with Gasteiger partial charge in [-0.05, 0) is 58.0 Å². The van der Waals surface area contributed by atoms with Gasteiger partial charge in [0.1, 0.15) is 5.75 Å². The van der Waals surface area contributed by atoms with Crippen LogP contribution in [0.5, 0.6) is 5.75 Å². The molecule has 0 aliphatic carbocycles. The minimum atomic E-state index is -0.705. The fraction of sp³-hybridized carbons (Fsp3) is 0.600. The highest BCUT2D eigenvalue weighted by Gasteiger charge is 2.25. The highest BCUT2D eigenvalue weighted by molar-refractivity contribution is 6.32. The summed E-state index contributed by atoms with van der Waals surface area (Å²) in [7, 11) is 1.81. The lowest BCUT2D eigenvalue weighted by atomic mass is 9.93. The van der Waals surface area contributed by atoms with Gasteiger partial charge in [0.25, 0.3) is 0 Å². The third kappa shape index (κ3) is 3.64. The first-order chi connectivity index (χ1) is 9.47. The highest BCUT2D eigenvalue weighted by Crippen LogP contribution is 2.37. The van der Waals surface area contributed by atoms with Gasteiger partial charge < -0.3 is 20.9 Å². The minimum Gasteiger partial charge on any atom is -0.493 e. The Morgan fingerprint density at radius 3 is 2.60 bits per heavy atom. The van der Waals surface area contributed by atoms with E-state index in [1.807, 2.05) is 33.9 Å². The first-order valence-corrected chi connectivity index (χ1v) is 7.33. The van der Waals surface area contributed by atoms with E-state index in [4.69, 9.17) is 22.1 Å². The van der Waals surface area contributed by atoms with E-state index in [0.29, 0.717) is 30.3 Å². The van der Waals surface area contributed by atoms with E-state index in [9.17, 15) is 5.11 Å². The Balaban J connectivity index is 3.29. The molecule has 4 N–H and O–H groups in total. The fourth-order valence-electron chi connectivity index (χ4n) is 2.42. The van der Waals surface area contributed by atoms with Gasteiger partial charge in [-0.15, -0.1) is 0 Å². The number of aliphatic hydroxyl groups is 1. The Bertz CT molecular complexity index is 452. The molecule has 1 rings (SSSR count). The second kappa shape index (κ2) is 7.84. The third-order valence-electron chi connectivity index (χ3n) is 3.52. The summed E-state index contributed by atoms with van der Waals surface area (Å²) < 4.78 is 5.67. The minimum absolute atomic E-state index is 0.128. The molecule has 0 aliphatic rings. The molecule has 114 valence electrons. The molecule has 1 aromatic carbocycles. The molecule has 5 heteroatoms. The number of rotatable bonds is 7. The maximum atomic E-state index is 10.7. The molecule has 0 saturated heterocycles. The summed E-state index contributed by atoms with van der Waals surface area (Å²) in [6, 6.07) is 1.75. The van der Waals surface area contributed by atoms with E-state index < -0.39 is 6.10 Å². The van der Waals surface area contributed by atoms with Crippen molar-refractivity contribution in [3.05, 3.63) is 27.8 Å². The Morgan fingerprint density at radius 1 is 1.45 bits per heavy atom. The molecule has 0 radical (unpaired) electrons. The smallest absolute Gasteiger partial charge is 0.125 e. The number of halogens is 1. The predicted octanol–water partition coefficient (Wildman–Crippen LogP) is 2.33.